The number of alkyl carbamates (subject to hydrolysis) is 1. The van der Waals surface area contributed by atoms with E-state index in [1.165, 1.54) is 24.3 Å². The average molecular weight is 857 g/mol. The first-order chi connectivity index (χ1) is 30.7. The number of aromatic amines is 1. The Bertz CT molecular complexity index is 2580. The highest BCUT2D eigenvalue weighted by Crippen LogP contribution is 2.32. The molecule has 1 amide bonds. The molecule has 0 radical (unpaired) electrons. The van der Waals surface area contributed by atoms with Crippen molar-refractivity contribution in [2.24, 2.45) is 5.92 Å². The fourth-order valence-electron chi connectivity index (χ4n) is 8.18. The van der Waals surface area contributed by atoms with Crippen molar-refractivity contribution in [2.75, 3.05) is 39.4 Å². The third-order valence-electron chi connectivity index (χ3n) is 11.5. The maximum absolute atomic E-state index is 14.9. The van der Waals surface area contributed by atoms with E-state index in [-0.39, 0.29) is 61.6 Å². The van der Waals surface area contributed by atoms with E-state index >= 15 is 0 Å². The number of piperidine rings is 3. The van der Waals surface area contributed by atoms with E-state index < -0.39 is 30.0 Å². The Morgan fingerprint density at radius 3 is 2.38 bits per heavy atom. The SMILES string of the molecule is O=C(NC(c1ccccc1)c1cccc(OCc2ccc(C(=O)OCCOc3ccc(CNC[C@@H](O)c4ccc(O)c5[nH]c(=O)ccc45)cc3F)cc2)c1)O[C@H]1CN2CCC1CC2. The summed E-state index contributed by atoms with van der Waals surface area (Å²) in [5.74, 6) is -0.221. The molecular weight excluding hydrogens is 808 g/mol. The molecule has 2 bridgehead atoms. The Hall–Kier alpha value is -6.74. The number of hydrogen-bond acceptors (Lipinski definition) is 11. The molecule has 63 heavy (non-hydrogen) atoms. The van der Waals surface area contributed by atoms with Gasteiger partial charge in [0, 0.05) is 31.1 Å². The number of carbonyl (C=O) groups is 2. The van der Waals surface area contributed by atoms with Crippen LogP contribution < -0.4 is 25.7 Å². The summed E-state index contributed by atoms with van der Waals surface area (Å²) in [6.07, 6.45) is 0.598. The van der Waals surface area contributed by atoms with Crippen LogP contribution in [-0.4, -0.2) is 77.7 Å². The number of phenolic OH excluding ortho intramolecular Hbond substituents is 1. The average Bonchev–Trinajstić information content (AvgIpc) is 3.30. The van der Waals surface area contributed by atoms with Gasteiger partial charge < -0.3 is 44.8 Å². The fourth-order valence-corrected chi connectivity index (χ4v) is 8.18. The number of esters is 1. The molecule has 0 spiro atoms. The van der Waals surface area contributed by atoms with Crippen LogP contribution in [0.4, 0.5) is 9.18 Å². The number of fused-ring (bicyclic) bond motifs is 4. The predicted molar refractivity (Wildman–Crippen MR) is 233 cm³/mol. The van der Waals surface area contributed by atoms with Gasteiger partial charge in [-0.1, -0.05) is 66.7 Å². The molecule has 3 aliphatic heterocycles. The number of nitrogens with one attached hydrogen (secondary N) is 3. The standard InChI is InChI=1S/C49H49FN4O9/c50-40-25-32(27-51-28-42(56)38-14-16-41(55)47-39(38)15-18-45(57)52-47)11-17-43(40)60-23-24-61-48(58)35-12-9-31(10-13-35)30-62-37-8-4-7-36(26-37)46(34-5-2-1-3-6-34)53-49(59)63-44-29-54-21-19-33(44)20-22-54/h1-18,25-26,33,42,44,46,51,55-56H,19-24,27-30H2,(H,52,57)(H,53,59)/t42-,44+,46?/m1/s1. The summed E-state index contributed by atoms with van der Waals surface area (Å²) in [5.41, 5.74) is 3.93. The molecule has 0 saturated carbocycles. The van der Waals surface area contributed by atoms with Gasteiger partial charge in [0.15, 0.2) is 11.6 Å². The lowest BCUT2D eigenvalue weighted by Crippen LogP contribution is -2.52. The van der Waals surface area contributed by atoms with Gasteiger partial charge in [0.1, 0.15) is 37.4 Å². The molecule has 4 heterocycles. The molecule has 13 nitrogen and oxygen atoms in total. The Labute approximate surface area is 363 Å². The van der Waals surface area contributed by atoms with E-state index in [1.807, 2.05) is 54.6 Å². The van der Waals surface area contributed by atoms with Crippen molar-refractivity contribution in [2.45, 2.75) is 44.2 Å². The highest BCUT2D eigenvalue weighted by Gasteiger charge is 2.37. The Kier molecular flexibility index (Phi) is 13.6. The van der Waals surface area contributed by atoms with Crippen molar-refractivity contribution in [3.8, 4) is 17.2 Å². The van der Waals surface area contributed by atoms with Crippen molar-refractivity contribution in [1.29, 1.82) is 0 Å². The number of hydrogen-bond donors (Lipinski definition) is 5. The quantitative estimate of drug-likeness (QED) is 0.0477. The summed E-state index contributed by atoms with van der Waals surface area (Å²) in [7, 11) is 0. The lowest BCUT2D eigenvalue weighted by molar-refractivity contribution is -0.0336. The van der Waals surface area contributed by atoms with Gasteiger partial charge in [-0.2, -0.15) is 0 Å². The van der Waals surface area contributed by atoms with Gasteiger partial charge in [0.2, 0.25) is 5.56 Å². The summed E-state index contributed by atoms with van der Waals surface area (Å²) in [5, 5.41) is 27.6. The summed E-state index contributed by atoms with van der Waals surface area (Å²) < 4.78 is 37.9. The molecule has 3 atom stereocenters. The number of aliphatic hydroxyl groups is 1. The van der Waals surface area contributed by atoms with Gasteiger partial charge in [0.05, 0.1) is 23.2 Å². The molecule has 6 aromatic rings. The van der Waals surface area contributed by atoms with Crippen LogP contribution in [0.1, 0.15) is 63.2 Å². The van der Waals surface area contributed by atoms with Crippen LogP contribution in [0.25, 0.3) is 10.9 Å². The number of H-pyrrole nitrogens is 1. The second-order valence-electron chi connectivity index (χ2n) is 15.8. The van der Waals surface area contributed by atoms with Crippen molar-refractivity contribution in [3.05, 3.63) is 171 Å². The minimum Gasteiger partial charge on any atom is -0.506 e. The molecule has 3 aliphatic rings. The first-order valence-electron chi connectivity index (χ1n) is 21.0. The zero-order chi connectivity index (χ0) is 43.7. The zero-order valence-corrected chi connectivity index (χ0v) is 34.5. The number of phenols is 1. The van der Waals surface area contributed by atoms with Crippen LogP contribution in [0.5, 0.6) is 17.2 Å². The highest BCUT2D eigenvalue weighted by molar-refractivity contribution is 5.89. The lowest BCUT2D eigenvalue weighted by atomic mass is 9.86. The Morgan fingerprint density at radius 1 is 0.841 bits per heavy atom. The summed E-state index contributed by atoms with van der Waals surface area (Å²) in [6, 6.07) is 34.1. The van der Waals surface area contributed by atoms with Crippen LogP contribution >= 0.6 is 0 Å². The van der Waals surface area contributed by atoms with Gasteiger partial charge in [-0.3, -0.25) is 9.69 Å². The number of amides is 1. The van der Waals surface area contributed by atoms with Gasteiger partial charge in [-0.15, -0.1) is 0 Å². The Balaban J connectivity index is 0.773. The molecule has 3 saturated heterocycles. The number of aliphatic hydroxyl groups excluding tert-OH is 1. The molecular formula is C49H49FN4O9. The first kappa shape index (κ1) is 42.9. The normalized spacial score (nSPS) is 17.7. The number of pyridine rings is 1. The molecule has 14 heteroatoms. The van der Waals surface area contributed by atoms with Crippen LogP contribution in [0, 0.1) is 11.7 Å². The topological polar surface area (TPSA) is 172 Å². The number of benzene rings is 5. The van der Waals surface area contributed by atoms with E-state index in [2.05, 4.69) is 20.5 Å². The number of aromatic hydroxyl groups is 1. The fraction of sp³-hybridized carbons (Fsp3) is 0.286. The van der Waals surface area contributed by atoms with E-state index in [9.17, 15) is 29.0 Å². The van der Waals surface area contributed by atoms with Crippen LogP contribution in [0.3, 0.4) is 0 Å². The van der Waals surface area contributed by atoms with Gasteiger partial charge in [-0.25, -0.2) is 14.0 Å². The van der Waals surface area contributed by atoms with E-state index in [1.54, 1.807) is 42.5 Å². The number of rotatable bonds is 17. The minimum atomic E-state index is -0.960. The maximum atomic E-state index is 14.9. The van der Waals surface area contributed by atoms with E-state index in [0.717, 1.165) is 49.2 Å². The summed E-state index contributed by atoms with van der Waals surface area (Å²) in [4.78, 5) is 42.6. The van der Waals surface area contributed by atoms with Gasteiger partial charge in [0.25, 0.3) is 0 Å². The second kappa shape index (κ2) is 20.0. The maximum Gasteiger partial charge on any atom is 0.408 e. The summed E-state index contributed by atoms with van der Waals surface area (Å²) >= 11 is 0. The third-order valence-corrected chi connectivity index (χ3v) is 11.5. The van der Waals surface area contributed by atoms with Gasteiger partial charge >= 0.3 is 12.1 Å². The minimum absolute atomic E-state index is 0.00305. The molecule has 0 aliphatic carbocycles. The van der Waals surface area contributed by atoms with Crippen molar-refractivity contribution in [3.63, 3.8) is 0 Å². The molecule has 5 N–H and O–H groups in total. The number of halogens is 1. The second-order valence-corrected chi connectivity index (χ2v) is 15.8. The smallest absolute Gasteiger partial charge is 0.408 e. The molecule has 1 aromatic heterocycles. The van der Waals surface area contributed by atoms with Crippen molar-refractivity contribution < 1.29 is 43.1 Å². The molecule has 9 rings (SSSR count). The number of ether oxygens (including phenoxy) is 4. The van der Waals surface area contributed by atoms with Crippen LogP contribution in [0.2, 0.25) is 0 Å². The van der Waals surface area contributed by atoms with Crippen molar-refractivity contribution >= 4 is 23.0 Å². The molecule has 1 unspecified atom stereocenters. The molecule has 326 valence electrons. The highest BCUT2D eigenvalue weighted by atomic mass is 19.1. The molecule has 5 aromatic carbocycles. The monoisotopic (exact) mass is 856 g/mol. The lowest BCUT2D eigenvalue weighted by Gasteiger charge is -2.43. The van der Waals surface area contributed by atoms with E-state index in [0.29, 0.717) is 33.7 Å². The van der Waals surface area contributed by atoms with E-state index in [4.69, 9.17) is 18.9 Å². The first-order valence-corrected chi connectivity index (χ1v) is 21.0. The largest absolute Gasteiger partial charge is 0.506 e. The molecule has 3 fully saturated rings. The number of nitrogens with zero attached hydrogens (tertiary/aromatic N) is 1. The van der Waals surface area contributed by atoms with Gasteiger partial charge in [-0.05, 0) is 108 Å². The number of aromatic nitrogens is 1. The van der Waals surface area contributed by atoms with Crippen LogP contribution in [0.15, 0.2) is 126 Å². The third kappa shape index (κ3) is 10.8. The van der Waals surface area contributed by atoms with Crippen LogP contribution in [-0.2, 0) is 22.6 Å². The Morgan fingerprint density at radius 2 is 1.62 bits per heavy atom. The number of carbonyl (C=O) groups excluding carboxylic acids is 2. The summed E-state index contributed by atoms with van der Waals surface area (Å²) in [6.45, 7) is 3.36. The van der Waals surface area contributed by atoms with Crippen molar-refractivity contribution in [1.82, 2.24) is 20.5 Å². The predicted octanol–water partition coefficient (Wildman–Crippen LogP) is 6.92. The zero-order valence-electron chi connectivity index (χ0n) is 34.5.